The molecule has 1 fully saturated rings. The fraction of sp³-hybridized carbons (Fsp3) is 0.364. The molecule has 2 bridgehead atoms. The van der Waals surface area contributed by atoms with Crippen LogP contribution < -0.4 is 0 Å². The molecule has 1 saturated carbocycles. The van der Waals surface area contributed by atoms with E-state index in [2.05, 4.69) is 86.7 Å². The molecule has 2 nitrogen and oxygen atoms in total. The van der Waals surface area contributed by atoms with Gasteiger partial charge >= 0.3 is 0 Å². The fourth-order valence-corrected chi connectivity index (χ4v) is 5.51. The van der Waals surface area contributed by atoms with Crippen LogP contribution in [0.25, 0.3) is 0 Å². The molecule has 2 aromatic carbocycles. The van der Waals surface area contributed by atoms with Gasteiger partial charge in [-0.25, -0.2) is 0 Å². The standard InChI is InChI=1S/C22H22N2/c1-20(15-16-9-5-3-6-10-16)21(2)18-13-14-19(18)22(20,24-23-21)17-11-7-4-8-12-17/h3-14,18-19H,15H2,1-2H3/t18-,19-,20+,21-,22+/m1/s1. The van der Waals surface area contributed by atoms with Crippen molar-refractivity contribution in [3.8, 4) is 0 Å². The number of hydrogen-bond acceptors (Lipinski definition) is 2. The summed E-state index contributed by atoms with van der Waals surface area (Å²) in [6.45, 7) is 4.73. The highest BCUT2D eigenvalue weighted by molar-refractivity contribution is 5.47. The van der Waals surface area contributed by atoms with Gasteiger partial charge in [0.1, 0.15) is 5.54 Å². The number of nitrogens with zero attached hydrogens (tertiary/aromatic N) is 2. The van der Waals surface area contributed by atoms with E-state index in [4.69, 9.17) is 10.2 Å². The van der Waals surface area contributed by atoms with Crippen LogP contribution in [0.2, 0.25) is 0 Å². The van der Waals surface area contributed by atoms with E-state index < -0.39 is 0 Å². The molecule has 0 radical (unpaired) electrons. The third-order valence-corrected chi connectivity index (χ3v) is 7.03. The van der Waals surface area contributed by atoms with Crippen molar-refractivity contribution in [1.29, 1.82) is 0 Å². The average Bonchev–Trinajstić information content (AvgIpc) is 2.83. The molecule has 2 aromatic rings. The summed E-state index contributed by atoms with van der Waals surface area (Å²) in [5.74, 6) is 0.972. The van der Waals surface area contributed by atoms with Gasteiger partial charge in [0, 0.05) is 17.3 Å². The van der Waals surface area contributed by atoms with Crippen molar-refractivity contribution in [3.63, 3.8) is 0 Å². The van der Waals surface area contributed by atoms with E-state index in [9.17, 15) is 0 Å². The Morgan fingerprint density at radius 2 is 1.42 bits per heavy atom. The summed E-state index contributed by atoms with van der Waals surface area (Å²) in [7, 11) is 0. The van der Waals surface area contributed by atoms with Gasteiger partial charge in [0.05, 0.1) is 5.54 Å². The Hall–Kier alpha value is -2.22. The Morgan fingerprint density at radius 3 is 2.04 bits per heavy atom. The first-order valence-corrected chi connectivity index (χ1v) is 8.84. The minimum Gasteiger partial charge on any atom is -0.185 e. The van der Waals surface area contributed by atoms with Gasteiger partial charge in [0.2, 0.25) is 0 Å². The first kappa shape index (κ1) is 14.2. The van der Waals surface area contributed by atoms with Crippen LogP contribution in [0.5, 0.6) is 0 Å². The van der Waals surface area contributed by atoms with Crippen LogP contribution in [0.1, 0.15) is 25.0 Å². The summed E-state index contributed by atoms with van der Waals surface area (Å²) in [4.78, 5) is 0. The molecule has 0 saturated heterocycles. The zero-order valence-electron chi connectivity index (χ0n) is 14.2. The second-order valence-electron chi connectivity index (χ2n) is 7.91. The first-order chi connectivity index (χ1) is 11.6. The van der Waals surface area contributed by atoms with Crippen molar-refractivity contribution in [2.75, 3.05) is 0 Å². The number of benzene rings is 2. The van der Waals surface area contributed by atoms with Crippen LogP contribution >= 0.6 is 0 Å². The van der Waals surface area contributed by atoms with Crippen molar-refractivity contribution in [2.24, 2.45) is 27.5 Å². The molecule has 0 spiro atoms. The lowest BCUT2D eigenvalue weighted by molar-refractivity contribution is 0.144. The van der Waals surface area contributed by atoms with Crippen LogP contribution in [0, 0.1) is 17.3 Å². The molecule has 2 aliphatic carbocycles. The normalized spacial score (nSPS) is 41.2. The molecule has 5 atom stereocenters. The van der Waals surface area contributed by atoms with E-state index in [1.807, 2.05) is 0 Å². The third kappa shape index (κ3) is 1.39. The molecule has 3 aliphatic rings. The average molecular weight is 314 g/mol. The number of azo groups is 1. The molecule has 120 valence electrons. The maximum Gasteiger partial charge on any atom is 0.121 e. The smallest absolute Gasteiger partial charge is 0.121 e. The zero-order chi connectivity index (χ0) is 16.4. The quantitative estimate of drug-likeness (QED) is 0.698. The second-order valence-corrected chi connectivity index (χ2v) is 7.91. The zero-order valence-corrected chi connectivity index (χ0v) is 14.2. The summed E-state index contributed by atoms with van der Waals surface area (Å²) < 4.78 is 0. The maximum absolute atomic E-state index is 4.98. The van der Waals surface area contributed by atoms with E-state index >= 15 is 0 Å². The molecule has 0 amide bonds. The van der Waals surface area contributed by atoms with Gasteiger partial charge in [-0.15, -0.1) is 0 Å². The minimum absolute atomic E-state index is 0.0262. The summed E-state index contributed by atoms with van der Waals surface area (Å²) in [5, 5.41) is 9.87. The topological polar surface area (TPSA) is 24.7 Å². The SMILES string of the molecule is C[C@]1(Cc2ccccc2)[C@]2(C)N=N[C@@]1(c1ccccc1)[C@@H]1C=C[C@H]12. The van der Waals surface area contributed by atoms with Crippen LogP contribution in [0.4, 0.5) is 0 Å². The molecule has 0 N–H and O–H groups in total. The van der Waals surface area contributed by atoms with Crippen LogP contribution in [-0.2, 0) is 12.0 Å². The molecule has 5 rings (SSSR count). The van der Waals surface area contributed by atoms with Crippen molar-refractivity contribution in [2.45, 2.75) is 31.3 Å². The van der Waals surface area contributed by atoms with Crippen LogP contribution in [0.15, 0.2) is 83.0 Å². The lowest BCUT2D eigenvalue weighted by atomic mass is 9.61. The van der Waals surface area contributed by atoms with Crippen molar-refractivity contribution < 1.29 is 0 Å². The van der Waals surface area contributed by atoms with Gasteiger partial charge in [-0.3, -0.25) is 0 Å². The van der Waals surface area contributed by atoms with Gasteiger partial charge < -0.3 is 0 Å². The molecular weight excluding hydrogens is 292 g/mol. The van der Waals surface area contributed by atoms with Crippen LogP contribution in [-0.4, -0.2) is 5.54 Å². The third-order valence-electron chi connectivity index (χ3n) is 7.03. The molecule has 0 unspecified atom stereocenters. The van der Waals surface area contributed by atoms with Gasteiger partial charge in [-0.05, 0) is 24.5 Å². The maximum atomic E-state index is 4.98. The fourth-order valence-electron chi connectivity index (χ4n) is 5.51. The summed E-state index contributed by atoms with van der Waals surface area (Å²) >= 11 is 0. The summed E-state index contributed by atoms with van der Waals surface area (Å²) in [5.41, 5.74) is 2.30. The van der Waals surface area contributed by atoms with E-state index in [-0.39, 0.29) is 16.5 Å². The van der Waals surface area contributed by atoms with Gasteiger partial charge in [-0.2, -0.15) is 10.2 Å². The Bertz CT molecular complexity index is 841. The summed E-state index contributed by atoms with van der Waals surface area (Å²) in [6, 6.07) is 21.7. The van der Waals surface area contributed by atoms with Crippen molar-refractivity contribution >= 4 is 0 Å². The Kier molecular flexibility index (Phi) is 2.62. The van der Waals surface area contributed by atoms with Crippen molar-refractivity contribution in [3.05, 3.63) is 83.9 Å². The van der Waals surface area contributed by atoms with Crippen LogP contribution in [0.3, 0.4) is 0 Å². The van der Waals surface area contributed by atoms with Gasteiger partial charge in [0.25, 0.3) is 0 Å². The summed E-state index contributed by atoms with van der Waals surface area (Å²) in [6.07, 6.45) is 5.72. The van der Waals surface area contributed by atoms with Crippen molar-refractivity contribution in [1.82, 2.24) is 0 Å². The van der Waals surface area contributed by atoms with Gasteiger partial charge in [0.15, 0.2) is 0 Å². The molecule has 1 heterocycles. The van der Waals surface area contributed by atoms with E-state index in [0.717, 1.165) is 6.42 Å². The Morgan fingerprint density at radius 1 is 0.792 bits per heavy atom. The van der Waals surface area contributed by atoms with E-state index in [0.29, 0.717) is 11.8 Å². The number of rotatable bonds is 3. The predicted octanol–water partition coefficient (Wildman–Crippen LogP) is 5.17. The lowest BCUT2D eigenvalue weighted by Crippen LogP contribution is -2.47. The van der Waals surface area contributed by atoms with E-state index in [1.165, 1.54) is 11.1 Å². The Balaban J connectivity index is 1.71. The molecular formula is C22H22N2. The highest BCUT2D eigenvalue weighted by Gasteiger charge is 2.77. The number of hydrogen-bond donors (Lipinski definition) is 0. The second kappa shape index (κ2) is 4.44. The largest absolute Gasteiger partial charge is 0.185 e. The Labute approximate surface area is 143 Å². The van der Waals surface area contributed by atoms with Gasteiger partial charge in [-0.1, -0.05) is 79.7 Å². The molecule has 2 heteroatoms. The van der Waals surface area contributed by atoms with E-state index in [1.54, 1.807) is 0 Å². The predicted molar refractivity (Wildman–Crippen MR) is 95.8 cm³/mol. The lowest BCUT2D eigenvalue weighted by Gasteiger charge is -2.42. The highest BCUT2D eigenvalue weighted by atomic mass is 15.3. The number of fused-ring (bicyclic) bond motifs is 5. The monoisotopic (exact) mass is 314 g/mol. The highest BCUT2D eigenvalue weighted by Crippen LogP contribution is 2.74. The molecule has 0 aromatic heterocycles. The first-order valence-electron chi connectivity index (χ1n) is 8.84. The minimum atomic E-state index is -0.238. The molecule has 24 heavy (non-hydrogen) atoms. The molecule has 1 aliphatic heterocycles.